The van der Waals surface area contributed by atoms with E-state index in [2.05, 4.69) is 20.6 Å². The molecule has 0 bridgehead atoms. The third kappa shape index (κ3) is 5.09. The van der Waals surface area contributed by atoms with Crippen LogP contribution < -0.4 is 15.4 Å². The highest BCUT2D eigenvalue weighted by atomic mass is 35.5. The molecule has 1 atom stereocenters. The van der Waals surface area contributed by atoms with Gasteiger partial charge >= 0.3 is 6.03 Å². The average Bonchev–Trinajstić information content (AvgIpc) is 3.17. The van der Waals surface area contributed by atoms with Gasteiger partial charge in [0.25, 0.3) is 0 Å². The number of urea groups is 1. The van der Waals surface area contributed by atoms with Gasteiger partial charge in [-0.3, -0.25) is 10.3 Å². The summed E-state index contributed by atoms with van der Waals surface area (Å²) in [5.41, 5.74) is 2.03. The maximum Gasteiger partial charge on any atom is 0.321 e. The SMILES string of the molecule is CC(Oc1ccc2nc(NC(=O)NCc3ccncc3)sc2c1)c1c(Cl)ccc(F)c1Cl. The number of nitrogens with one attached hydrogen (secondary N) is 2. The van der Waals surface area contributed by atoms with E-state index in [9.17, 15) is 9.18 Å². The van der Waals surface area contributed by atoms with Gasteiger partial charge in [-0.05, 0) is 55.0 Å². The second-order valence-corrected chi connectivity index (χ2v) is 8.64. The number of carbonyl (C=O) groups is 1. The molecule has 0 aliphatic rings. The van der Waals surface area contributed by atoms with Gasteiger partial charge < -0.3 is 10.1 Å². The quantitative estimate of drug-likeness (QED) is 0.298. The number of rotatable bonds is 6. The summed E-state index contributed by atoms with van der Waals surface area (Å²) in [4.78, 5) is 20.5. The van der Waals surface area contributed by atoms with E-state index in [1.165, 1.54) is 23.5 Å². The molecule has 10 heteroatoms. The van der Waals surface area contributed by atoms with Crippen molar-refractivity contribution in [2.45, 2.75) is 19.6 Å². The molecule has 2 N–H and O–H groups in total. The van der Waals surface area contributed by atoms with Crippen LogP contribution in [0.1, 0.15) is 24.2 Å². The largest absolute Gasteiger partial charge is 0.486 e. The maximum atomic E-state index is 13.8. The molecule has 164 valence electrons. The minimum absolute atomic E-state index is 0.0619. The van der Waals surface area contributed by atoms with Crippen molar-refractivity contribution in [1.82, 2.24) is 15.3 Å². The predicted molar refractivity (Wildman–Crippen MR) is 125 cm³/mol. The van der Waals surface area contributed by atoms with E-state index in [1.54, 1.807) is 37.5 Å². The van der Waals surface area contributed by atoms with Gasteiger partial charge in [-0.25, -0.2) is 14.2 Å². The Morgan fingerprint density at radius 3 is 2.75 bits per heavy atom. The van der Waals surface area contributed by atoms with Crippen LogP contribution in [0.3, 0.4) is 0 Å². The van der Waals surface area contributed by atoms with Gasteiger partial charge in [0.1, 0.15) is 17.7 Å². The van der Waals surface area contributed by atoms with Crippen LogP contribution in [0.25, 0.3) is 10.2 Å². The first-order valence-electron chi connectivity index (χ1n) is 9.55. The van der Waals surface area contributed by atoms with Crippen LogP contribution in [0.4, 0.5) is 14.3 Å². The summed E-state index contributed by atoms with van der Waals surface area (Å²) in [5, 5.41) is 6.22. The van der Waals surface area contributed by atoms with Gasteiger partial charge in [0, 0.05) is 29.5 Å². The fraction of sp³-hybridized carbons (Fsp3) is 0.136. The minimum atomic E-state index is -0.576. The van der Waals surface area contributed by atoms with Gasteiger partial charge in [-0.2, -0.15) is 0 Å². The average molecular weight is 491 g/mol. The standard InChI is InChI=1S/C22H17Cl2FN4O2S/c1-12(19-15(23)3-4-16(25)20(19)24)31-14-2-5-17-18(10-14)32-22(28-17)29-21(30)27-11-13-6-8-26-9-7-13/h2-10,12H,11H2,1H3,(H2,27,28,29,30). The minimum Gasteiger partial charge on any atom is -0.486 e. The molecule has 2 heterocycles. The molecular formula is C22H17Cl2FN4O2S. The van der Waals surface area contributed by atoms with Crippen LogP contribution in [0, 0.1) is 5.82 Å². The molecule has 4 rings (SSSR count). The van der Waals surface area contributed by atoms with E-state index < -0.39 is 11.9 Å². The zero-order chi connectivity index (χ0) is 22.7. The van der Waals surface area contributed by atoms with Crippen molar-refractivity contribution in [3.05, 3.63) is 81.8 Å². The molecule has 4 aromatic rings. The number of aromatic nitrogens is 2. The molecule has 2 amide bonds. The Balaban J connectivity index is 1.44. The number of amides is 2. The Hall–Kier alpha value is -2.94. The van der Waals surface area contributed by atoms with Crippen LogP contribution in [0.5, 0.6) is 5.75 Å². The van der Waals surface area contributed by atoms with Crippen LogP contribution in [0.15, 0.2) is 54.9 Å². The molecule has 6 nitrogen and oxygen atoms in total. The number of pyridine rings is 1. The number of benzene rings is 2. The third-order valence-corrected chi connectivity index (χ3v) is 6.23. The van der Waals surface area contributed by atoms with Crippen LogP contribution in [0.2, 0.25) is 10.0 Å². The van der Waals surface area contributed by atoms with Gasteiger partial charge in [0.05, 0.1) is 15.2 Å². The first kappa shape index (κ1) is 22.3. The number of carbonyl (C=O) groups excluding carboxylic acids is 1. The lowest BCUT2D eigenvalue weighted by Crippen LogP contribution is -2.28. The number of fused-ring (bicyclic) bond motifs is 1. The van der Waals surface area contributed by atoms with E-state index in [1.807, 2.05) is 12.1 Å². The summed E-state index contributed by atoms with van der Waals surface area (Å²) in [6.07, 6.45) is 2.76. The summed E-state index contributed by atoms with van der Waals surface area (Å²) in [5.74, 6) is -0.0175. The summed E-state index contributed by atoms with van der Waals surface area (Å²) in [6.45, 7) is 2.11. The third-order valence-electron chi connectivity index (χ3n) is 4.58. The topological polar surface area (TPSA) is 76.1 Å². The zero-order valence-electron chi connectivity index (χ0n) is 16.7. The van der Waals surface area contributed by atoms with E-state index in [0.717, 1.165) is 10.3 Å². The highest BCUT2D eigenvalue weighted by Crippen LogP contribution is 2.36. The fourth-order valence-corrected chi connectivity index (χ4v) is 4.60. The van der Waals surface area contributed by atoms with Gasteiger partial charge in [0.15, 0.2) is 5.13 Å². The van der Waals surface area contributed by atoms with Crippen LogP contribution in [-0.4, -0.2) is 16.0 Å². The summed E-state index contributed by atoms with van der Waals surface area (Å²) >= 11 is 13.6. The lowest BCUT2D eigenvalue weighted by Gasteiger charge is -2.18. The van der Waals surface area contributed by atoms with Crippen LogP contribution >= 0.6 is 34.5 Å². The predicted octanol–water partition coefficient (Wildman–Crippen LogP) is 6.60. The Morgan fingerprint density at radius 2 is 1.97 bits per heavy atom. The second-order valence-electron chi connectivity index (χ2n) is 6.83. The van der Waals surface area contributed by atoms with E-state index in [4.69, 9.17) is 27.9 Å². The van der Waals surface area contributed by atoms with Gasteiger partial charge in [-0.15, -0.1) is 0 Å². The highest BCUT2D eigenvalue weighted by molar-refractivity contribution is 7.22. The number of hydrogen-bond acceptors (Lipinski definition) is 5. The van der Waals surface area contributed by atoms with Crippen LogP contribution in [-0.2, 0) is 6.54 Å². The monoisotopic (exact) mass is 490 g/mol. The lowest BCUT2D eigenvalue weighted by atomic mass is 10.1. The first-order chi connectivity index (χ1) is 15.4. The molecule has 0 saturated carbocycles. The van der Waals surface area contributed by atoms with E-state index in [-0.39, 0.29) is 11.1 Å². The number of hydrogen-bond donors (Lipinski definition) is 2. The van der Waals surface area contributed by atoms with Crippen molar-refractivity contribution in [1.29, 1.82) is 0 Å². The van der Waals surface area contributed by atoms with Gasteiger partial charge in [0.2, 0.25) is 0 Å². The molecule has 32 heavy (non-hydrogen) atoms. The van der Waals surface area contributed by atoms with Crippen molar-refractivity contribution in [2.24, 2.45) is 0 Å². The number of halogens is 3. The molecule has 0 fully saturated rings. The first-order valence-corrected chi connectivity index (χ1v) is 11.1. The van der Waals surface area contributed by atoms with Crippen molar-refractivity contribution in [3.63, 3.8) is 0 Å². The van der Waals surface area contributed by atoms with Crippen molar-refractivity contribution >= 4 is 55.9 Å². The molecule has 0 aliphatic heterocycles. The molecular weight excluding hydrogens is 474 g/mol. The summed E-state index contributed by atoms with van der Waals surface area (Å²) < 4.78 is 20.6. The van der Waals surface area contributed by atoms with Crippen molar-refractivity contribution < 1.29 is 13.9 Å². The molecule has 0 saturated heterocycles. The number of anilines is 1. The smallest absolute Gasteiger partial charge is 0.321 e. The maximum absolute atomic E-state index is 13.8. The molecule has 0 radical (unpaired) electrons. The van der Waals surface area contributed by atoms with Crippen molar-refractivity contribution in [2.75, 3.05) is 5.32 Å². The Labute approximate surface area is 197 Å². The van der Waals surface area contributed by atoms with E-state index >= 15 is 0 Å². The zero-order valence-corrected chi connectivity index (χ0v) is 19.1. The number of thiazole rings is 1. The van der Waals surface area contributed by atoms with E-state index in [0.29, 0.717) is 33.5 Å². The number of nitrogens with zero attached hydrogens (tertiary/aromatic N) is 2. The molecule has 2 aromatic heterocycles. The molecule has 0 aliphatic carbocycles. The van der Waals surface area contributed by atoms with Crippen molar-refractivity contribution in [3.8, 4) is 5.75 Å². The molecule has 1 unspecified atom stereocenters. The normalized spacial score (nSPS) is 11.9. The highest BCUT2D eigenvalue weighted by Gasteiger charge is 2.19. The fourth-order valence-electron chi connectivity index (χ4n) is 3.03. The van der Waals surface area contributed by atoms with Gasteiger partial charge in [-0.1, -0.05) is 34.5 Å². The lowest BCUT2D eigenvalue weighted by molar-refractivity contribution is 0.227. The summed E-state index contributed by atoms with van der Waals surface area (Å²) in [6, 6.07) is 11.3. The Bertz CT molecular complexity index is 1270. The second kappa shape index (κ2) is 9.68. The number of ether oxygens (including phenoxy) is 1. The molecule has 0 spiro atoms. The molecule has 2 aromatic carbocycles. The Morgan fingerprint density at radius 1 is 1.19 bits per heavy atom. The summed E-state index contributed by atoms with van der Waals surface area (Å²) in [7, 11) is 0. The Kier molecular flexibility index (Phi) is 6.74.